The van der Waals surface area contributed by atoms with Gasteiger partial charge in [-0.05, 0) is 38.0 Å². The zero-order chi connectivity index (χ0) is 17.7. The standard InChI is InChI=1S/C22H31N3/c1-22(2,3)23-17-20-11-7-8-12-21(20)25-15-13-24(14-16-25)18-19-9-5-4-6-10-19/h4-12,23H,13-18H2,1-3H3. The first-order valence-corrected chi connectivity index (χ1v) is 9.35. The van der Waals surface area contributed by atoms with Crippen LogP contribution in [0.25, 0.3) is 0 Å². The Morgan fingerprint density at radius 3 is 2.16 bits per heavy atom. The summed E-state index contributed by atoms with van der Waals surface area (Å²) in [4.78, 5) is 5.10. The van der Waals surface area contributed by atoms with Crippen LogP contribution in [-0.4, -0.2) is 36.6 Å². The predicted molar refractivity (Wildman–Crippen MR) is 107 cm³/mol. The van der Waals surface area contributed by atoms with Crippen LogP contribution in [0.5, 0.6) is 0 Å². The van der Waals surface area contributed by atoms with E-state index in [1.807, 2.05) is 0 Å². The summed E-state index contributed by atoms with van der Waals surface area (Å²) in [5.41, 5.74) is 4.33. The minimum absolute atomic E-state index is 0.140. The predicted octanol–water partition coefficient (Wildman–Crippen LogP) is 3.90. The highest BCUT2D eigenvalue weighted by atomic mass is 15.3. The maximum atomic E-state index is 3.62. The molecule has 0 unspecified atom stereocenters. The van der Waals surface area contributed by atoms with Crippen molar-refractivity contribution in [1.82, 2.24) is 10.2 Å². The van der Waals surface area contributed by atoms with Gasteiger partial charge < -0.3 is 10.2 Å². The van der Waals surface area contributed by atoms with Crippen LogP contribution in [0, 0.1) is 0 Å². The fourth-order valence-electron chi connectivity index (χ4n) is 3.32. The second-order valence-electron chi connectivity index (χ2n) is 7.98. The van der Waals surface area contributed by atoms with Crippen molar-refractivity contribution in [2.45, 2.75) is 39.4 Å². The normalized spacial score (nSPS) is 16.2. The summed E-state index contributed by atoms with van der Waals surface area (Å²) in [6.07, 6.45) is 0. The lowest BCUT2D eigenvalue weighted by Crippen LogP contribution is -2.46. The monoisotopic (exact) mass is 337 g/mol. The number of hydrogen-bond acceptors (Lipinski definition) is 3. The maximum absolute atomic E-state index is 3.62. The number of benzene rings is 2. The Balaban J connectivity index is 1.59. The van der Waals surface area contributed by atoms with E-state index >= 15 is 0 Å². The molecular formula is C22H31N3. The quantitative estimate of drug-likeness (QED) is 0.893. The van der Waals surface area contributed by atoms with Gasteiger partial charge in [0, 0.05) is 50.5 Å². The number of para-hydroxylation sites is 1. The van der Waals surface area contributed by atoms with Crippen molar-refractivity contribution in [3.05, 3.63) is 65.7 Å². The average molecular weight is 338 g/mol. The van der Waals surface area contributed by atoms with Crippen molar-refractivity contribution in [2.75, 3.05) is 31.1 Å². The molecule has 2 aromatic rings. The Morgan fingerprint density at radius 2 is 1.48 bits per heavy atom. The van der Waals surface area contributed by atoms with E-state index in [0.29, 0.717) is 0 Å². The molecule has 0 aliphatic carbocycles. The van der Waals surface area contributed by atoms with Gasteiger partial charge in [0.25, 0.3) is 0 Å². The van der Waals surface area contributed by atoms with Crippen LogP contribution >= 0.6 is 0 Å². The molecule has 134 valence electrons. The summed E-state index contributed by atoms with van der Waals surface area (Å²) in [6.45, 7) is 13.1. The van der Waals surface area contributed by atoms with Gasteiger partial charge in [0.1, 0.15) is 0 Å². The van der Waals surface area contributed by atoms with Gasteiger partial charge in [-0.25, -0.2) is 0 Å². The SMILES string of the molecule is CC(C)(C)NCc1ccccc1N1CCN(Cc2ccccc2)CC1. The van der Waals surface area contributed by atoms with Gasteiger partial charge in [0.2, 0.25) is 0 Å². The molecule has 1 aliphatic heterocycles. The first kappa shape index (κ1) is 18.0. The molecule has 1 heterocycles. The molecule has 1 N–H and O–H groups in total. The lowest BCUT2D eigenvalue weighted by atomic mass is 10.1. The minimum Gasteiger partial charge on any atom is -0.369 e. The van der Waals surface area contributed by atoms with E-state index in [1.54, 1.807) is 0 Å². The minimum atomic E-state index is 0.140. The molecule has 3 nitrogen and oxygen atoms in total. The van der Waals surface area contributed by atoms with Crippen LogP contribution in [0.3, 0.4) is 0 Å². The van der Waals surface area contributed by atoms with Crippen LogP contribution in [0.1, 0.15) is 31.9 Å². The first-order valence-electron chi connectivity index (χ1n) is 9.35. The van der Waals surface area contributed by atoms with Crippen molar-refractivity contribution in [3.8, 4) is 0 Å². The van der Waals surface area contributed by atoms with Gasteiger partial charge >= 0.3 is 0 Å². The number of rotatable bonds is 5. The second-order valence-corrected chi connectivity index (χ2v) is 7.98. The number of anilines is 1. The van der Waals surface area contributed by atoms with Crippen LogP contribution in [0.2, 0.25) is 0 Å². The Morgan fingerprint density at radius 1 is 0.840 bits per heavy atom. The van der Waals surface area contributed by atoms with E-state index in [-0.39, 0.29) is 5.54 Å². The van der Waals surface area contributed by atoms with Crippen LogP contribution < -0.4 is 10.2 Å². The molecule has 0 amide bonds. The highest BCUT2D eigenvalue weighted by Crippen LogP contribution is 2.23. The van der Waals surface area contributed by atoms with Gasteiger partial charge in [0.05, 0.1) is 0 Å². The van der Waals surface area contributed by atoms with Crippen LogP contribution in [0.4, 0.5) is 5.69 Å². The van der Waals surface area contributed by atoms with E-state index < -0.39 is 0 Å². The summed E-state index contributed by atoms with van der Waals surface area (Å²) in [5.74, 6) is 0. The van der Waals surface area contributed by atoms with E-state index in [4.69, 9.17) is 0 Å². The Hall–Kier alpha value is -1.84. The van der Waals surface area contributed by atoms with E-state index in [0.717, 1.165) is 39.3 Å². The van der Waals surface area contributed by atoms with Crippen molar-refractivity contribution >= 4 is 5.69 Å². The van der Waals surface area contributed by atoms with Crippen molar-refractivity contribution in [1.29, 1.82) is 0 Å². The molecule has 0 spiro atoms. The summed E-state index contributed by atoms with van der Waals surface area (Å²) in [6, 6.07) is 19.6. The molecule has 1 saturated heterocycles. The lowest BCUT2D eigenvalue weighted by molar-refractivity contribution is 0.249. The van der Waals surface area contributed by atoms with Gasteiger partial charge in [-0.15, -0.1) is 0 Å². The molecule has 3 heteroatoms. The molecule has 0 bridgehead atoms. The third kappa shape index (κ3) is 5.32. The van der Waals surface area contributed by atoms with Gasteiger partial charge in [-0.1, -0.05) is 48.5 Å². The summed E-state index contributed by atoms with van der Waals surface area (Å²) >= 11 is 0. The molecule has 1 fully saturated rings. The molecule has 0 atom stereocenters. The van der Waals surface area contributed by atoms with Crippen LogP contribution in [-0.2, 0) is 13.1 Å². The highest BCUT2D eigenvalue weighted by molar-refractivity contribution is 5.54. The summed E-state index contributed by atoms with van der Waals surface area (Å²) in [5, 5.41) is 3.62. The van der Waals surface area contributed by atoms with Crippen molar-refractivity contribution < 1.29 is 0 Å². The zero-order valence-electron chi connectivity index (χ0n) is 15.8. The Labute approximate surface area is 152 Å². The first-order chi connectivity index (χ1) is 12.0. The number of hydrogen-bond donors (Lipinski definition) is 1. The summed E-state index contributed by atoms with van der Waals surface area (Å²) < 4.78 is 0. The maximum Gasteiger partial charge on any atom is 0.0412 e. The lowest BCUT2D eigenvalue weighted by Gasteiger charge is -2.37. The molecule has 2 aromatic carbocycles. The number of nitrogens with zero attached hydrogens (tertiary/aromatic N) is 2. The van der Waals surface area contributed by atoms with Gasteiger partial charge in [-0.3, -0.25) is 4.90 Å². The Kier molecular flexibility index (Phi) is 5.77. The van der Waals surface area contributed by atoms with Crippen molar-refractivity contribution in [3.63, 3.8) is 0 Å². The largest absolute Gasteiger partial charge is 0.369 e. The highest BCUT2D eigenvalue weighted by Gasteiger charge is 2.19. The fourth-order valence-corrected chi connectivity index (χ4v) is 3.32. The second kappa shape index (κ2) is 8.03. The molecular weight excluding hydrogens is 306 g/mol. The molecule has 0 saturated carbocycles. The Bertz CT molecular complexity index is 652. The van der Waals surface area contributed by atoms with E-state index in [2.05, 4.69) is 90.5 Å². The number of piperazine rings is 1. The smallest absolute Gasteiger partial charge is 0.0412 e. The molecule has 0 aromatic heterocycles. The topological polar surface area (TPSA) is 18.5 Å². The molecule has 25 heavy (non-hydrogen) atoms. The van der Waals surface area contributed by atoms with Gasteiger partial charge in [0.15, 0.2) is 0 Å². The van der Waals surface area contributed by atoms with Crippen molar-refractivity contribution in [2.24, 2.45) is 0 Å². The van der Waals surface area contributed by atoms with Gasteiger partial charge in [-0.2, -0.15) is 0 Å². The van der Waals surface area contributed by atoms with E-state index in [9.17, 15) is 0 Å². The molecule has 3 rings (SSSR count). The van der Waals surface area contributed by atoms with Crippen LogP contribution in [0.15, 0.2) is 54.6 Å². The molecule has 1 aliphatic rings. The number of nitrogens with one attached hydrogen (secondary N) is 1. The molecule has 0 radical (unpaired) electrons. The third-order valence-electron chi connectivity index (χ3n) is 4.76. The average Bonchev–Trinajstić information content (AvgIpc) is 2.61. The third-order valence-corrected chi connectivity index (χ3v) is 4.76. The van der Waals surface area contributed by atoms with E-state index in [1.165, 1.54) is 16.8 Å². The fraction of sp³-hybridized carbons (Fsp3) is 0.455. The zero-order valence-corrected chi connectivity index (χ0v) is 15.8. The summed E-state index contributed by atoms with van der Waals surface area (Å²) in [7, 11) is 0.